The van der Waals surface area contributed by atoms with Gasteiger partial charge in [-0.1, -0.05) is 6.07 Å². The van der Waals surface area contributed by atoms with Gasteiger partial charge in [-0.15, -0.1) is 0 Å². The number of aryl methyl sites for hydroxylation is 2. The van der Waals surface area contributed by atoms with E-state index < -0.39 is 15.9 Å². The van der Waals surface area contributed by atoms with Crippen molar-refractivity contribution in [2.75, 3.05) is 44.5 Å². The van der Waals surface area contributed by atoms with E-state index in [9.17, 15) is 13.2 Å². The molecule has 0 saturated carbocycles. The van der Waals surface area contributed by atoms with Crippen LogP contribution in [-0.4, -0.2) is 54.5 Å². The van der Waals surface area contributed by atoms with E-state index in [1.807, 2.05) is 32.0 Å². The summed E-state index contributed by atoms with van der Waals surface area (Å²) < 4.78 is 41.6. The molecule has 0 radical (unpaired) electrons. The Labute approximate surface area is 177 Å². The molecule has 0 atom stereocenters. The molecule has 1 amide bonds. The van der Waals surface area contributed by atoms with Gasteiger partial charge in [0.15, 0.2) is 0 Å². The third-order valence-corrected chi connectivity index (χ3v) is 5.64. The molecule has 0 fully saturated rings. The van der Waals surface area contributed by atoms with Crippen LogP contribution in [0.4, 0.5) is 5.69 Å². The lowest BCUT2D eigenvalue weighted by Crippen LogP contribution is -2.41. The second kappa shape index (κ2) is 10.2. The van der Waals surface area contributed by atoms with Crippen LogP contribution in [0.15, 0.2) is 36.4 Å². The average molecular weight is 437 g/mol. The largest absolute Gasteiger partial charge is 0.497 e. The number of rotatable bonds is 10. The van der Waals surface area contributed by atoms with Crippen molar-refractivity contribution in [1.29, 1.82) is 0 Å². The first-order valence-corrected chi connectivity index (χ1v) is 11.2. The number of carbonyl (C=O) groups excluding carboxylic acids is 1. The molecule has 0 spiro atoms. The van der Waals surface area contributed by atoms with Gasteiger partial charge in [0, 0.05) is 6.07 Å². The Bertz CT molecular complexity index is 991. The van der Waals surface area contributed by atoms with Crippen LogP contribution in [-0.2, 0) is 14.8 Å². The van der Waals surface area contributed by atoms with Gasteiger partial charge in [-0.05, 0) is 49.2 Å². The third kappa shape index (κ3) is 6.28. The van der Waals surface area contributed by atoms with Gasteiger partial charge in [0.05, 0.1) is 32.7 Å². The highest BCUT2D eigenvalue weighted by Gasteiger charge is 2.24. The van der Waals surface area contributed by atoms with Gasteiger partial charge in [0.2, 0.25) is 15.9 Å². The zero-order valence-electron chi connectivity index (χ0n) is 17.9. The molecule has 0 bridgehead atoms. The highest BCUT2D eigenvalue weighted by Crippen LogP contribution is 2.33. The number of sulfonamides is 1. The minimum absolute atomic E-state index is 0.239. The number of nitrogens with one attached hydrogen (secondary N) is 1. The van der Waals surface area contributed by atoms with Gasteiger partial charge in [-0.25, -0.2) is 8.42 Å². The maximum Gasteiger partial charge on any atom is 0.240 e. The first-order chi connectivity index (χ1) is 14.2. The van der Waals surface area contributed by atoms with Gasteiger partial charge in [0.1, 0.15) is 30.4 Å². The number of nitrogens with zero attached hydrogens (tertiary/aromatic N) is 1. The van der Waals surface area contributed by atoms with Crippen molar-refractivity contribution in [3.8, 4) is 17.2 Å². The molecule has 1 N–H and O–H groups in total. The molecule has 30 heavy (non-hydrogen) atoms. The second-order valence-corrected chi connectivity index (χ2v) is 8.66. The molecular formula is C21H28N2O6S. The van der Waals surface area contributed by atoms with Gasteiger partial charge in [-0.3, -0.25) is 9.10 Å². The number of carbonyl (C=O) groups is 1. The molecule has 2 aromatic rings. The van der Waals surface area contributed by atoms with Gasteiger partial charge < -0.3 is 19.5 Å². The summed E-state index contributed by atoms with van der Waals surface area (Å²) in [5, 5.41) is 2.68. The van der Waals surface area contributed by atoms with E-state index >= 15 is 0 Å². The molecule has 164 valence electrons. The van der Waals surface area contributed by atoms with E-state index in [0.717, 1.165) is 16.1 Å². The smallest absolute Gasteiger partial charge is 0.240 e. The van der Waals surface area contributed by atoms with Crippen LogP contribution in [0.5, 0.6) is 17.2 Å². The number of hydrogen-bond donors (Lipinski definition) is 1. The monoisotopic (exact) mass is 436 g/mol. The van der Waals surface area contributed by atoms with Crippen LogP contribution < -0.4 is 23.8 Å². The summed E-state index contributed by atoms with van der Waals surface area (Å²) in [7, 11) is -0.811. The van der Waals surface area contributed by atoms with Crippen LogP contribution in [0, 0.1) is 13.8 Å². The topological polar surface area (TPSA) is 94.2 Å². The minimum Gasteiger partial charge on any atom is -0.497 e. The predicted octanol–water partition coefficient (Wildman–Crippen LogP) is 2.28. The van der Waals surface area contributed by atoms with Crippen LogP contribution >= 0.6 is 0 Å². The SMILES string of the molecule is COc1ccc(N(CC(=O)NCCOc2ccc(C)c(C)c2)S(C)(=O)=O)c(OC)c1. The number of ether oxygens (including phenoxy) is 3. The van der Waals surface area contributed by atoms with Gasteiger partial charge >= 0.3 is 0 Å². The van der Waals surface area contributed by atoms with Crippen LogP contribution in [0.1, 0.15) is 11.1 Å². The van der Waals surface area contributed by atoms with Gasteiger partial charge in [-0.2, -0.15) is 0 Å². The zero-order valence-corrected chi connectivity index (χ0v) is 18.7. The lowest BCUT2D eigenvalue weighted by atomic mass is 10.1. The van der Waals surface area contributed by atoms with Crippen LogP contribution in [0.3, 0.4) is 0 Å². The summed E-state index contributed by atoms with van der Waals surface area (Å²) in [5.74, 6) is 1.05. The molecule has 0 saturated heterocycles. The maximum atomic E-state index is 12.4. The van der Waals surface area contributed by atoms with Crippen LogP contribution in [0.25, 0.3) is 0 Å². The van der Waals surface area contributed by atoms with E-state index in [2.05, 4.69) is 5.32 Å². The van der Waals surface area contributed by atoms with E-state index in [-0.39, 0.29) is 31.1 Å². The van der Waals surface area contributed by atoms with E-state index in [1.54, 1.807) is 12.1 Å². The fourth-order valence-electron chi connectivity index (χ4n) is 2.72. The van der Waals surface area contributed by atoms with Crippen molar-refractivity contribution < 1.29 is 27.4 Å². The standard InChI is InChI=1S/C21H28N2O6S/c1-15-6-7-18(12-16(15)2)29-11-10-22-21(24)14-23(30(5,25)26)19-9-8-17(27-3)13-20(19)28-4/h6-9,12-13H,10-11,14H2,1-5H3,(H,22,24). The van der Waals surface area contributed by atoms with Crippen molar-refractivity contribution in [3.63, 3.8) is 0 Å². The lowest BCUT2D eigenvalue weighted by molar-refractivity contribution is -0.119. The Morgan fingerprint density at radius 2 is 1.70 bits per heavy atom. The molecule has 2 aromatic carbocycles. The van der Waals surface area contributed by atoms with Gasteiger partial charge in [0.25, 0.3) is 0 Å². The zero-order chi connectivity index (χ0) is 22.3. The maximum absolute atomic E-state index is 12.4. The van der Waals surface area contributed by atoms with E-state index in [0.29, 0.717) is 11.5 Å². The molecule has 0 aliphatic heterocycles. The Hall–Kier alpha value is -2.94. The van der Waals surface area contributed by atoms with Crippen molar-refractivity contribution in [2.24, 2.45) is 0 Å². The highest BCUT2D eigenvalue weighted by atomic mass is 32.2. The molecule has 0 aromatic heterocycles. The molecule has 0 aliphatic carbocycles. The Morgan fingerprint density at radius 3 is 2.30 bits per heavy atom. The molecule has 8 nitrogen and oxygen atoms in total. The van der Waals surface area contributed by atoms with Crippen molar-refractivity contribution in [1.82, 2.24) is 5.32 Å². The summed E-state index contributed by atoms with van der Waals surface area (Å²) in [6.45, 7) is 4.13. The van der Waals surface area contributed by atoms with E-state index in [4.69, 9.17) is 14.2 Å². The number of methoxy groups -OCH3 is 2. The minimum atomic E-state index is -3.73. The van der Waals surface area contributed by atoms with E-state index in [1.165, 1.54) is 25.8 Å². The summed E-state index contributed by atoms with van der Waals surface area (Å²) in [4.78, 5) is 12.4. The number of hydrogen-bond acceptors (Lipinski definition) is 6. The Balaban J connectivity index is 2.00. The average Bonchev–Trinajstić information content (AvgIpc) is 2.70. The molecule has 0 heterocycles. The predicted molar refractivity (Wildman–Crippen MR) is 116 cm³/mol. The molecule has 0 unspecified atom stereocenters. The first kappa shape index (κ1) is 23.3. The Kier molecular flexibility index (Phi) is 7.93. The molecular weight excluding hydrogens is 408 g/mol. The summed E-state index contributed by atoms with van der Waals surface area (Å²) in [5.41, 5.74) is 2.54. The van der Waals surface area contributed by atoms with Crippen molar-refractivity contribution >= 4 is 21.6 Å². The number of benzene rings is 2. The molecule has 2 rings (SSSR count). The first-order valence-electron chi connectivity index (χ1n) is 9.32. The van der Waals surface area contributed by atoms with Crippen molar-refractivity contribution in [2.45, 2.75) is 13.8 Å². The molecule has 0 aliphatic rings. The lowest BCUT2D eigenvalue weighted by Gasteiger charge is -2.24. The normalized spacial score (nSPS) is 11.0. The second-order valence-electron chi connectivity index (χ2n) is 6.75. The highest BCUT2D eigenvalue weighted by molar-refractivity contribution is 7.92. The third-order valence-electron chi connectivity index (χ3n) is 4.51. The fourth-order valence-corrected chi connectivity index (χ4v) is 3.58. The summed E-state index contributed by atoms with van der Waals surface area (Å²) >= 11 is 0. The van der Waals surface area contributed by atoms with Crippen molar-refractivity contribution in [3.05, 3.63) is 47.5 Å². The quantitative estimate of drug-likeness (QED) is 0.575. The fraction of sp³-hybridized carbons (Fsp3) is 0.381. The summed E-state index contributed by atoms with van der Waals surface area (Å²) in [6.07, 6.45) is 1.03. The number of anilines is 1. The number of amides is 1. The van der Waals surface area contributed by atoms with Crippen LogP contribution in [0.2, 0.25) is 0 Å². The summed E-state index contributed by atoms with van der Waals surface area (Å²) in [6, 6.07) is 10.5. The Morgan fingerprint density at radius 1 is 1.00 bits per heavy atom. The molecule has 9 heteroatoms.